The van der Waals surface area contributed by atoms with Crippen LogP contribution in [0.4, 0.5) is 5.69 Å². The molecule has 3 aromatic rings. The van der Waals surface area contributed by atoms with Crippen molar-refractivity contribution in [1.29, 1.82) is 0 Å². The first kappa shape index (κ1) is 16.5. The van der Waals surface area contributed by atoms with Crippen LogP contribution in [0.3, 0.4) is 0 Å². The molecule has 3 heteroatoms. The maximum Gasteiger partial charge on any atom is 0.123 e. The van der Waals surface area contributed by atoms with E-state index in [2.05, 4.69) is 62.3 Å². The fourth-order valence-corrected chi connectivity index (χ4v) is 4.03. The normalized spacial score (nSPS) is 11.1. The highest BCUT2D eigenvalue weighted by Gasteiger charge is 2.10. The van der Waals surface area contributed by atoms with E-state index < -0.39 is 0 Å². The van der Waals surface area contributed by atoms with E-state index in [1.54, 1.807) is 6.07 Å². The van der Waals surface area contributed by atoms with Gasteiger partial charge in [0.25, 0.3) is 0 Å². The Kier molecular flexibility index (Phi) is 4.87. The van der Waals surface area contributed by atoms with Crippen LogP contribution in [0.2, 0.25) is 0 Å². The Labute approximate surface area is 145 Å². The molecule has 0 aliphatic carbocycles. The van der Waals surface area contributed by atoms with Crippen LogP contribution in [0.1, 0.15) is 5.56 Å². The van der Waals surface area contributed by atoms with Crippen LogP contribution in [-0.4, -0.2) is 19.2 Å². The van der Waals surface area contributed by atoms with Gasteiger partial charge < -0.3 is 10.0 Å². The number of aryl methyl sites for hydroxylation is 1. The van der Waals surface area contributed by atoms with E-state index in [9.17, 15) is 5.11 Å². The zero-order chi connectivity index (χ0) is 17.1. The third-order valence-corrected chi connectivity index (χ3v) is 5.37. The minimum absolute atomic E-state index is 0.360. The lowest BCUT2D eigenvalue weighted by Crippen LogP contribution is -2.18. The summed E-state index contributed by atoms with van der Waals surface area (Å²) in [6, 6.07) is 22.6. The summed E-state index contributed by atoms with van der Waals surface area (Å²) in [4.78, 5) is 2.13. The van der Waals surface area contributed by atoms with Crippen LogP contribution in [0.5, 0.6) is 5.75 Å². The Balaban J connectivity index is 1.99. The lowest BCUT2D eigenvalue weighted by atomic mass is 10.1. The number of hydrogen-bond donors (Lipinski definition) is 1. The van der Waals surface area contributed by atoms with Crippen LogP contribution in [0.25, 0.3) is 11.1 Å². The smallest absolute Gasteiger partial charge is 0.123 e. The Bertz CT molecular complexity index is 844. The number of aromatic hydroxyl groups is 1. The summed E-state index contributed by atoms with van der Waals surface area (Å²) in [5, 5.41) is 12.5. The zero-order valence-electron chi connectivity index (χ0n) is 14.2. The first-order chi connectivity index (χ1) is 11.5. The van der Waals surface area contributed by atoms with Gasteiger partial charge in [-0.05, 0) is 41.8 Å². The van der Waals surface area contributed by atoms with Gasteiger partial charge in [0.1, 0.15) is 5.75 Å². The van der Waals surface area contributed by atoms with Crippen molar-refractivity contribution in [3.63, 3.8) is 0 Å². The minimum Gasteiger partial charge on any atom is -0.507 e. The van der Waals surface area contributed by atoms with Gasteiger partial charge >= 0.3 is 0 Å². The molecule has 0 aliphatic rings. The predicted molar refractivity (Wildman–Crippen MR) is 107 cm³/mol. The fraction of sp³-hybridized carbons (Fsp3) is 0.143. The third-order valence-electron chi connectivity index (χ3n) is 4.01. The largest absolute Gasteiger partial charge is 0.507 e. The van der Waals surface area contributed by atoms with Crippen LogP contribution in [0.15, 0.2) is 66.7 Å². The van der Waals surface area contributed by atoms with Gasteiger partial charge in [0.15, 0.2) is 0 Å². The average Bonchev–Trinajstić information content (AvgIpc) is 2.59. The number of anilines is 1. The van der Waals surface area contributed by atoms with Crippen LogP contribution >= 0.6 is 8.58 Å². The molecule has 0 saturated heterocycles. The molecule has 0 radical (unpaired) electrons. The van der Waals surface area contributed by atoms with Crippen molar-refractivity contribution >= 4 is 24.9 Å². The maximum absolute atomic E-state index is 10.3. The molecule has 0 heterocycles. The molecule has 1 atom stereocenters. The summed E-state index contributed by atoms with van der Waals surface area (Å²) in [7, 11) is 4.53. The molecule has 0 spiro atoms. The van der Waals surface area contributed by atoms with E-state index in [4.69, 9.17) is 0 Å². The molecule has 0 bridgehead atoms. The van der Waals surface area contributed by atoms with Gasteiger partial charge in [-0.1, -0.05) is 57.1 Å². The molecule has 0 aliphatic heterocycles. The van der Waals surface area contributed by atoms with Gasteiger partial charge in [-0.25, -0.2) is 0 Å². The Hall–Kier alpha value is -2.31. The van der Waals surface area contributed by atoms with Crippen molar-refractivity contribution in [2.75, 3.05) is 19.0 Å². The summed E-state index contributed by atoms with van der Waals surface area (Å²) < 4.78 is 0. The highest BCUT2D eigenvalue weighted by Crippen LogP contribution is 2.28. The van der Waals surface area contributed by atoms with E-state index in [-0.39, 0.29) is 0 Å². The summed E-state index contributed by atoms with van der Waals surface area (Å²) in [5.74, 6) is 0.360. The summed E-state index contributed by atoms with van der Waals surface area (Å²) in [5.41, 5.74) is 4.75. The predicted octanol–water partition coefficient (Wildman–Crippen LogP) is 4.06. The second-order valence-corrected chi connectivity index (χ2v) is 7.47. The average molecular weight is 335 g/mol. The fourth-order valence-electron chi connectivity index (χ4n) is 2.71. The van der Waals surface area contributed by atoms with Crippen molar-refractivity contribution in [1.82, 2.24) is 0 Å². The van der Waals surface area contributed by atoms with Crippen LogP contribution < -0.4 is 15.5 Å². The van der Waals surface area contributed by atoms with E-state index in [0.29, 0.717) is 14.3 Å². The topological polar surface area (TPSA) is 23.5 Å². The number of phenolic OH excluding ortho intramolecular Hbond substituents is 1. The van der Waals surface area contributed by atoms with Crippen LogP contribution in [-0.2, 0) is 0 Å². The first-order valence-corrected chi connectivity index (χ1v) is 8.98. The van der Waals surface area contributed by atoms with E-state index >= 15 is 0 Å². The quantitative estimate of drug-likeness (QED) is 0.727. The number of hydrogen-bond acceptors (Lipinski definition) is 2. The highest BCUT2D eigenvalue weighted by atomic mass is 31.1. The molecule has 0 saturated carbocycles. The molecular weight excluding hydrogens is 313 g/mol. The molecule has 24 heavy (non-hydrogen) atoms. The molecule has 0 aromatic heterocycles. The molecule has 1 unspecified atom stereocenters. The zero-order valence-corrected chi connectivity index (χ0v) is 15.2. The minimum atomic E-state index is 0.360. The summed E-state index contributed by atoms with van der Waals surface area (Å²) >= 11 is 0. The molecule has 0 fully saturated rings. The number of nitrogens with zero attached hydrogens (tertiary/aromatic N) is 1. The molecule has 122 valence electrons. The van der Waals surface area contributed by atoms with Crippen molar-refractivity contribution in [3.05, 3.63) is 72.3 Å². The van der Waals surface area contributed by atoms with Crippen molar-refractivity contribution in [3.8, 4) is 16.9 Å². The SMILES string of the molecule is Cc1ccc(Pc2cc(-c3ccccc3)ccc2O)c(N(C)C)c1. The van der Waals surface area contributed by atoms with Crippen molar-refractivity contribution in [2.45, 2.75) is 6.92 Å². The standard InChI is InChI=1S/C21H22NOP/c1-15-9-12-20(18(13-15)22(2)3)24-21-14-17(10-11-19(21)23)16-7-5-4-6-8-16/h4-14,23-24H,1-3H3. The van der Waals surface area contributed by atoms with E-state index in [0.717, 1.165) is 10.9 Å². The van der Waals surface area contributed by atoms with Crippen LogP contribution in [0, 0.1) is 6.92 Å². The van der Waals surface area contributed by atoms with Gasteiger partial charge in [-0.15, -0.1) is 0 Å². The van der Waals surface area contributed by atoms with Gasteiger partial charge in [0, 0.05) is 30.4 Å². The van der Waals surface area contributed by atoms with Crippen molar-refractivity contribution in [2.24, 2.45) is 0 Å². The number of rotatable bonds is 4. The summed E-state index contributed by atoms with van der Waals surface area (Å²) in [6.45, 7) is 2.10. The molecule has 3 aromatic carbocycles. The monoisotopic (exact) mass is 335 g/mol. The summed E-state index contributed by atoms with van der Waals surface area (Å²) in [6.07, 6.45) is 0. The Morgan fingerprint density at radius 2 is 1.54 bits per heavy atom. The first-order valence-electron chi connectivity index (χ1n) is 7.98. The van der Waals surface area contributed by atoms with Gasteiger partial charge in [0.2, 0.25) is 0 Å². The van der Waals surface area contributed by atoms with Crippen molar-refractivity contribution < 1.29 is 5.11 Å². The third kappa shape index (κ3) is 3.60. The van der Waals surface area contributed by atoms with Gasteiger partial charge in [-0.2, -0.15) is 0 Å². The molecule has 1 N–H and O–H groups in total. The lowest BCUT2D eigenvalue weighted by Gasteiger charge is -2.19. The maximum atomic E-state index is 10.3. The lowest BCUT2D eigenvalue weighted by molar-refractivity contribution is 0.480. The van der Waals surface area contributed by atoms with E-state index in [1.165, 1.54) is 22.1 Å². The highest BCUT2D eigenvalue weighted by molar-refractivity contribution is 7.56. The van der Waals surface area contributed by atoms with Gasteiger partial charge in [-0.3, -0.25) is 0 Å². The molecule has 2 nitrogen and oxygen atoms in total. The van der Waals surface area contributed by atoms with E-state index in [1.807, 2.05) is 24.3 Å². The second-order valence-electron chi connectivity index (χ2n) is 6.14. The molecule has 0 amide bonds. The molecule has 3 rings (SSSR count). The second kappa shape index (κ2) is 7.07. The Morgan fingerprint density at radius 1 is 0.792 bits per heavy atom. The molecular formula is C21H22NOP. The van der Waals surface area contributed by atoms with Gasteiger partial charge in [0.05, 0.1) is 0 Å². The number of phenols is 1. The number of benzene rings is 3. The Morgan fingerprint density at radius 3 is 2.25 bits per heavy atom.